The Morgan fingerprint density at radius 2 is 2.19 bits per heavy atom. The maximum absolute atomic E-state index is 10.7. The highest BCUT2D eigenvalue weighted by molar-refractivity contribution is 5.69. The van der Waals surface area contributed by atoms with Crippen LogP contribution in [0.15, 0.2) is 18.2 Å². The molecule has 86 valence electrons. The summed E-state index contributed by atoms with van der Waals surface area (Å²) in [5, 5.41) is 10.5. The monoisotopic (exact) mass is 225 g/mol. The van der Waals surface area contributed by atoms with Gasteiger partial charge in [0, 0.05) is 11.6 Å². The SMILES string of the molecule is COC(=O)NNc1ccc([N+](=O)[O-])c(C)c1. The first kappa shape index (κ1) is 11.8. The third kappa shape index (κ3) is 2.84. The van der Waals surface area contributed by atoms with Gasteiger partial charge in [-0.25, -0.2) is 10.2 Å². The van der Waals surface area contributed by atoms with E-state index in [1.54, 1.807) is 13.0 Å². The Labute approximate surface area is 91.5 Å². The molecular formula is C9H11N3O4. The number of hydrogen-bond donors (Lipinski definition) is 2. The molecule has 0 radical (unpaired) electrons. The fraction of sp³-hybridized carbons (Fsp3) is 0.222. The molecule has 2 N–H and O–H groups in total. The second-order valence-corrected chi connectivity index (χ2v) is 3.00. The molecule has 0 saturated heterocycles. The quantitative estimate of drug-likeness (QED) is 0.601. The molecule has 7 nitrogen and oxygen atoms in total. The van der Waals surface area contributed by atoms with E-state index >= 15 is 0 Å². The van der Waals surface area contributed by atoms with Crippen LogP contribution in [-0.4, -0.2) is 18.1 Å². The number of amides is 1. The summed E-state index contributed by atoms with van der Waals surface area (Å²) in [6, 6.07) is 4.39. The van der Waals surface area contributed by atoms with Crippen LogP contribution in [0.25, 0.3) is 0 Å². The number of rotatable bonds is 3. The summed E-state index contributed by atoms with van der Waals surface area (Å²) in [5.41, 5.74) is 5.87. The largest absolute Gasteiger partial charge is 0.452 e. The zero-order chi connectivity index (χ0) is 12.1. The lowest BCUT2D eigenvalue weighted by molar-refractivity contribution is -0.385. The zero-order valence-corrected chi connectivity index (χ0v) is 8.81. The number of nitrogens with one attached hydrogen (secondary N) is 2. The van der Waals surface area contributed by atoms with Crippen molar-refractivity contribution in [3.8, 4) is 0 Å². The van der Waals surface area contributed by atoms with E-state index in [0.29, 0.717) is 11.3 Å². The maximum Gasteiger partial charge on any atom is 0.425 e. The number of benzene rings is 1. The van der Waals surface area contributed by atoms with E-state index in [4.69, 9.17) is 0 Å². The van der Waals surface area contributed by atoms with Crippen molar-refractivity contribution in [3.05, 3.63) is 33.9 Å². The highest BCUT2D eigenvalue weighted by Crippen LogP contribution is 2.20. The van der Waals surface area contributed by atoms with E-state index in [1.165, 1.54) is 19.2 Å². The Kier molecular flexibility index (Phi) is 3.65. The zero-order valence-electron chi connectivity index (χ0n) is 8.81. The van der Waals surface area contributed by atoms with Gasteiger partial charge in [-0.1, -0.05) is 0 Å². The predicted molar refractivity (Wildman–Crippen MR) is 57.0 cm³/mol. The van der Waals surface area contributed by atoms with Crippen molar-refractivity contribution in [2.24, 2.45) is 0 Å². The van der Waals surface area contributed by atoms with Crippen molar-refractivity contribution in [2.45, 2.75) is 6.92 Å². The lowest BCUT2D eigenvalue weighted by atomic mass is 10.2. The second-order valence-electron chi connectivity index (χ2n) is 3.00. The molecule has 0 aliphatic rings. The average Bonchev–Trinajstić information content (AvgIpc) is 2.25. The number of carbonyl (C=O) groups is 1. The van der Waals surface area contributed by atoms with Crippen LogP contribution in [0, 0.1) is 17.0 Å². The van der Waals surface area contributed by atoms with Gasteiger partial charge in [-0.15, -0.1) is 0 Å². The van der Waals surface area contributed by atoms with E-state index in [2.05, 4.69) is 15.6 Å². The molecule has 0 spiro atoms. The van der Waals surface area contributed by atoms with Gasteiger partial charge in [0.15, 0.2) is 0 Å². The topological polar surface area (TPSA) is 93.5 Å². The van der Waals surface area contributed by atoms with Crippen LogP contribution >= 0.6 is 0 Å². The van der Waals surface area contributed by atoms with Crippen LogP contribution in [0.4, 0.5) is 16.2 Å². The second kappa shape index (κ2) is 4.96. The van der Waals surface area contributed by atoms with Crippen LogP contribution < -0.4 is 10.9 Å². The molecule has 0 bridgehead atoms. The molecule has 1 amide bonds. The molecule has 1 aromatic rings. The van der Waals surface area contributed by atoms with E-state index in [1.807, 2.05) is 0 Å². The third-order valence-electron chi connectivity index (χ3n) is 1.89. The van der Waals surface area contributed by atoms with Gasteiger partial charge in [-0.05, 0) is 19.1 Å². The predicted octanol–water partition coefficient (Wildman–Crippen LogP) is 1.59. The fourth-order valence-corrected chi connectivity index (χ4v) is 1.11. The number of ether oxygens (including phenoxy) is 1. The normalized spacial score (nSPS) is 9.38. The third-order valence-corrected chi connectivity index (χ3v) is 1.89. The molecule has 7 heteroatoms. The van der Waals surface area contributed by atoms with E-state index in [9.17, 15) is 14.9 Å². The fourth-order valence-electron chi connectivity index (χ4n) is 1.11. The highest BCUT2D eigenvalue weighted by atomic mass is 16.6. The molecule has 0 aliphatic carbocycles. The van der Waals surface area contributed by atoms with Gasteiger partial charge in [0.05, 0.1) is 17.7 Å². The van der Waals surface area contributed by atoms with Crippen molar-refractivity contribution in [1.82, 2.24) is 5.43 Å². The van der Waals surface area contributed by atoms with Crippen molar-refractivity contribution in [1.29, 1.82) is 0 Å². The number of anilines is 1. The lowest BCUT2D eigenvalue weighted by Gasteiger charge is -2.07. The molecule has 0 aromatic heterocycles. The Morgan fingerprint density at radius 1 is 1.50 bits per heavy atom. The number of nitro benzene ring substituents is 1. The molecule has 1 rings (SSSR count). The molecule has 1 aromatic carbocycles. The van der Waals surface area contributed by atoms with Gasteiger partial charge < -0.3 is 4.74 Å². The van der Waals surface area contributed by atoms with Gasteiger partial charge in [-0.3, -0.25) is 15.5 Å². The van der Waals surface area contributed by atoms with E-state index in [0.717, 1.165) is 0 Å². The summed E-state index contributed by atoms with van der Waals surface area (Å²) in [7, 11) is 1.23. The number of aryl methyl sites for hydroxylation is 1. The first-order valence-corrected chi connectivity index (χ1v) is 4.39. The summed E-state index contributed by atoms with van der Waals surface area (Å²) < 4.78 is 4.34. The minimum Gasteiger partial charge on any atom is -0.452 e. The summed E-state index contributed by atoms with van der Waals surface area (Å²) >= 11 is 0. The number of nitro groups is 1. The molecule has 0 saturated carbocycles. The Bertz CT molecular complexity index is 419. The summed E-state index contributed by atoms with van der Waals surface area (Å²) in [6.45, 7) is 1.61. The van der Waals surface area contributed by atoms with Gasteiger partial charge >= 0.3 is 6.09 Å². The molecule has 0 atom stereocenters. The highest BCUT2D eigenvalue weighted by Gasteiger charge is 2.10. The van der Waals surface area contributed by atoms with Crippen LogP contribution in [-0.2, 0) is 4.74 Å². The summed E-state index contributed by atoms with van der Waals surface area (Å²) in [5.74, 6) is 0. The first-order valence-electron chi connectivity index (χ1n) is 4.39. The van der Waals surface area contributed by atoms with Gasteiger partial charge in [0.25, 0.3) is 5.69 Å². The molecule has 0 heterocycles. The van der Waals surface area contributed by atoms with Crippen LogP contribution in [0.2, 0.25) is 0 Å². The summed E-state index contributed by atoms with van der Waals surface area (Å²) in [4.78, 5) is 20.8. The van der Waals surface area contributed by atoms with Crippen molar-refractivity contribution in [3.63, 3.8) is 0 Å². The smallest absolute Gasteiger partial charge is 0.425 e. The number of nitrogens with zero attached hydrogens (tertiary/aromatic N) is 1. The molecule has 16 heavy (non-hydrogen) atoms. The Morgan fingerprint density at radius 3 is 2.69 bits per heavy atom. The van der Waals surface area contributed by atoms with Gasteiger partial charge in [0.2, 0.25) is 0 Å². The van der Waals surface area contributed by atoms with Gasteiger partial charge in [0.1, 0.15) is 0 Å². The molecule has 0 fully saturated rings. The number of carbonyl (C=O) groups excluding carboxylic acids is 1. The van der Waals surface area contributed by atoms with Crippen molar-refractivity contribution >= 4 is 17.5 Å². The number of methoxy groups -OCH3 is 1. The average molecular weight is 225 g/mol. The van der Waals surface area contributed by atoms with E-state index in [-0.39, 0.29) is 5.69 Å². The van der Waals surface area contributed by atoms with Gasteiger partial charge in [-0.2, -0.15) is 0 Å². The molecular weight excluding hydrogens is 214 g/mol. The molecule has 0 unspecified atom stereocenters. The molecule has 0 aliphatic heterocycles. The maximum atomic E-state index is 10.7. The number of hydrogen-bond acceptors (Lipinski definition) is 5. The Hall–Kier alpha value is -2.31. The first-order chi connectivity index (χ1) is 7.54. The minimum atomic E-state index is -0.643. The lowest BCUT2D eigenvalue weighted by Crippen LogP contribution is -2.28. The van der Waals surface area contributed by atoms with E-state index < -0.39 is 11.0 Å². The standard InChI is InChI=1S/C9H11N3O4/c1-6-5-7(10-11-9(13)16-2)3-4-8(6)12(14)15/h3-5,10H,1-2H3,(H,11,13). The number of hydrazine groups is 1. The minimum absolute atomic E-state index is 0.0311. The summed E-state index contributed by atoms with van der Waals surface area (Å²) in [6.07, 6.45) is -0.643. The van der Waals surface area contributed by atoms with Crippen LogP contribution in [0.3, 0.4) is 0 Å². The Balaban J connectivity index is 2.74. The van der Waals surface area contributed by atoms with Crippen LogP contribution in [0.5, 0.6) is 0 Å². The van der Waals surface area contributed by atoms with Crippen molar-refractivity contribution in [2.75, 3.05) is 12.5 Å². The van der Waals surface area contributed by atoms with Crippen LogP contribution in [0.1, 0.15) is 5.56 Å². The van der Waals surface area contributed by atoms with Crippen molar-refractivity contribution < 1.29 is 14.5 Å².